The molecule has 2 fully saturated rings. The van der Waals surface area contributed by atoms with Gasteiger partial charge in [-0.1, -0.05) is 0 Å². The lowest BCUT2D eigenvalue weighted by molar-refractivity contribution is 0.170. The smallest absolute Gasteiger partial charge is 0.160 e. The molecule has 6 aromatic heterocycles. The average molecular weight is 833 g/mol. The van der Waals surface area contributed by atoms with Gasteiger partial charge in [-0.3, -0.25) is 14.3 Å². The SMILES string of the molecule is Cc1cc(-c2cc3cn(C)nc3cc2OCCc2cc(-c3cc(F)c4nn(C)cc4c3)nc3ncc(N4CCC(N(C)C)C4)cc23)nc2ncc(N3C[C@H](C)N(C)[C@@H](C)C3)cc12. The van der Waals surface area contributed by atoms with E-state index in [0.29, 0.717) is 70.4 Å². The monoisotopic (exact) mass is 832 g/mol. The minimum atomic E-state index is -0.386. The van der Waals surface area contributed by atoms with Gasteiger partial charge in [-0.05, 0) is 102 Å². The number of piperazine rings is 1. The molecule has 3 atom stereocenters. The van der Waals surface area contributed by atoms with Crippen LogP contribution >= 0.6 is 0 Å². The minimum absolute atomic E-state index is 0.336. The third-order valence-corrected chi connectivity index (χ3v) is 13.2. The molecule has 2 aromatic carbocycles. The molecule has 0 aliphatic carbocycles. The summed E-state index contributed by atoms with van der Waals surface area (Å²) in [5.74, 6) is 0.301. The summed E-state index contributed by atoms with van der Waals surface area (Å²) >= 11 is 0. The van der Waals surface area contributed by atoms with E-state index in [9.17, 15) is 0 Å². The quantitative estimate of drug-likeness (QED) is 0.145. The van der Waals surface area contributed by atoms with E-state index < -0.39 is 0 Å². The maximum atomic E-state index is 15.4. The van der Waals surface area contributed by atoms with Crippen molar-refractivity contribution in [3.8, 4) is 28.3 Å². The van der Waals surface area contributed by atoms with Gasteiger partial charge < -0.3 is 19.4 Å². The van der Waals surface area contributed by atoms with Gasteiger partial charge in [0.1, 0.15) is 11.3 Å². The molecular formula is C48H53FN12O. The lowest BCUT2D eigenvalue weighted by atomic mass is 10.0. The Morgan fingerprint density at radius 1 is 0.758 bits per heavy atom. The second-order valence-corrected chi connectivity index (χ2v) is 17.7. The van der Waals surface area contributed by atoms with Crippen LogP contribution in [0.1, 0.15) is 31.4 Å². The van der Waals surface area contributed by atoms with Gasteiger partial charge in [0.2, 0.25) is 0 Å². The Morgan fingerprint density at radius 3 is 2.21 bits per heavy atom. The van der Waals surface area contributed by atoms with Crippen molar-refractivity contribution < 1.29 is 9.13 Å². The molecule has 0 spiro atoms. The van der Waals surface area contributed by atoms with Crippen LogP contribution in [0.25, 0.3) is 66.4 Å². The lowest BCUT2D eigenvalue weighted by Gasteiger charge is -2.43. The fraction of sp³-hybridized carbons (Fsp3) is 0.375. The summed E-state index contributed by atoms with van der Waals surface area (Å²) in [4.78, 5) is 29.6. The van der Waals surface area contributed by atoms with E-state index in [-0.39, 0.29) is 5.82 Å². The maximum Gasteiger partial charge on any atom is 0.160 e. The highest BCUT2D eigenvalue weighted by molar-refractivity contribution is 5.91. The van der Waals surface area contributed by atoms with Crippen LogP contribution in [0.3, 0.4) is 0 Å². The van der Waals surface area contributed by atoms with Crippen LogP contribution in [-0.2, 0) is 20.5 Å². The Labute approximate surface area is 360 Å². The highest BCUT2D eigenvalue weighted by Gasteiger charge is 2.28. The molecule has 2 aliphatic rings. The van der Waals surface area contributed by atoms with E-state index >= 15 is 4.39 Å². The molecule has 8 aromatic rings. The molecule has 318 valence electrons. The number of aryl methyl sites for hydroxylation is 3. The van der Waals surface area contributed by atoms with Crippen molar-refractivity contribution in [1.82, 2.24) is 49.3 Å². The van der Waals surface area contributed by atoms with Gasteiger partial charge in [0.05, 0.1) is 47.3 Å². The van der Waals surface area contributed by atoms with E-state index in [2.05, 4.69) is 96.9 Å². The number of ether oxygens (including phenoxy) is 1. The van der Waals surface area contributed by atoms with Crippen molar-refractivity contribution in [3.05, 3.63) is 90.3 Å². The van der Waals surface area contributed by atoms with Crippen LogP contribution in [0.4, 0.5) is 15.8 Å². The maximum absolute atomic E-state index is 15.4. The summed E-state index contributed by atoms with van der Waals surface area (Å²) in [6, 6.07) is 17.6. The zero-order chi connectivity index (χ0) is 43.0. The van der Waals surface area contributed by atoms with E-state index in [0.717, 1.165) is 88.0 Å². The van der Waals surface area contributed by atoms with Gasteiger partial charge in [-0.25, -0.2) is 24.3 Å². The normalized spacial score (nSPS) is 18.7. The van der Waals surface area contributed by atoms with E-state index in [1.165, 1.54) is 6.07 Å². The minimum Gasteiger partial charge on any atom is -0.492 e. The number of likely N-dealkylation sites (N-methyl/N-ethyl adjacent to an activating group) is 2. The first kappa shape index (κ1) is 39.9. The average Bonchev–Trinajstić information content (AvgIpc) is 4.00. The summed E-state index contributed by atoms with van der Waals surface area (Å²) in [7, 11) is 10.2. The zero-order valence-corrected chi connectivity index (χ0v) is 36.8. The number of nitrogens with zero attached hydrogens (tertiary/aromatic N) is 12. The van der Waals surface area contributed by atoms with Crippen molar-refractivity contribution in [2.24, 2.45) is 14.1 Å². The molecule has 2 aliphatic heterocycles. The number of rotatable bonds is 9. The van der Waals surface area contributed by atoms with Crippen molar-refractivity contribution in [2.75, 3.05) is 63.7 Å². The Morgan fingerprint density at radius 2 is 1.45 bits per heavy atom. The van der Waals surface area contributed by atoms with Gasteiger partial charge in [0.15, 0.2) is 17.1 Å². The molecule has 1 unspecified atom stereocenters. The molecule has 0 radical (unpaired) electrons. The number of fused-ring (bicyclic) bond motifs is 4. The van der Waals surface area contributed by atoms with Crippen molar-refractivity contribution in [1.29, 1.82) is 0 Å². The van der Waals surface area contributed by atoms with Crippen LogP contribution in [0.15, 0.2) is 73.3 Å². The van der Waals surface area contributed by atoms with Crippen molar-refractivity contribution in [3.63, 3.8) is 0 Å². The Bertz CT molecular complexity index is 3000. The summed E-state index contributed by atoms with van der Waals surface area (Å²) < 4.78 is 25.7. The van der Waals surface area contributed by atoms with Gasteiger partial charge in [-0.15, -0.1) is 0 Å². The number of halogens is 1. The Balaban J connectivity index is 0.997. The molecule has 0 bridgehead atoms. The van der Waals surface area contributed by atoms with Crippen LogP contribution in [0.2, 0.25) is 0 Å². The standard InChI is InChI=1S/C48H53FN12O/c1-28-13-44(53-47-38(28)18-37(22-50-47)61-23-29(2)59(8)30(3)24-61)40-15-33-25-57(6)54-43(33)20-45(40)62-12-10-31-17-42(32-14-34-26-58(7)55-46(34)41(49)16-32)52-48-39(31)19-36(21-51-48)60-11-9-35(27-60)56(4)5/h13-22,25-26,29-30,35H,9-12,23-24,27H2,1-8H3/t29-,30-,35?/m0/s1. The topological polar surface area (TPSA) is 109 Å². The molecule has 62 heavy (non-hydrogen) atoms. The van der Waals surface area contributed by atoms with Gasteiger partial charge in [0.25, 0.3) is 0 Å². The molecule has 13 nitrogen and oxygen atoms in total. The number of hydrogen-bond acceptors (Lipinski definition) is 11. The Kier molecular flexibility index (Phi) is 10.0. The molecule has 0 N–H and O–H groups in total. The number of hydrogen-bond donors (Lipinski definition) is 0. The number of benzene rings is 2. The second kappa shape index (κ2) is 15.6. The highest BCUT2D eigenvalue weighted by atomic mass is 19.1. The largest absolute Gasteiger partial charge is 0.492 e. The van der Waals surface area contributed by atoms with Crippen LogP contribution in [0, 0.1) is 12.7 Å². The number of aromatic nitrogens is 8. The summed E-state index contributed by atoms with van der Waals surface area (Å²) in [5.41, 5.74) is 9.75. The summed E-state index contributed by atoms with van der Waals surface area (Å²) in [6.07, 6.45) is 9.36. The zero-order valence-electron chi connectivity index (χ0n) is 36.8. The highest BCUT2D eigenvalue weighted by Crippen LogP contribution is 2.37. The summed E-state index contributed by atoms with van der Waals surface area (Å²) in [5, 5.41) is 12.7. The van der Waals surface area contributed by atoms with Gasteiger partial charge in [-0.2, -0.15) is 10.2 Å². The van der Waals surface area contributed by atoms with Crippen molar-refractivity contribution >= 4 is 55.2 Å². The summed E-state index contributed by atoms with van der Waals surface area (Å²) in [6.45, 7) is 10.8. The molecule has 14 heteroatoms. The second-order valence-electron chi connectivity index (χ2n) is 17.7. The first-order chi connectivity index (χ1) is 29.8. The molecule has 8 heterocycles. The van der Waals surface area contributed by atoms with E-state index in [1.807, 2.05) is 48.6 Å². The van der Waals surface area contributed by atoms with Gasteiger partial charge in [0, 0.05) is 116 Å². The first-order valence-corrected chi connectivity index (χ1v) is 21.5. The predicted octanol–water partition coefficient (Wildman–Crippen LogP) is 7.42. The lowest BCUT2D eigenvalue weighted by Crippen LogP contribution is -2.55. The fourth-order valence-corrected chi connectivity index (χ4v) is 9.39. The first-order valence-electron chi connectivity index (χ1n) is 21.5. The molecular weight excluding hydrogens is 780 g/mol. The third kappa shape index (κ3) is 7.34. The number of pyridine rings is 4. The molecule has 0 saturated carbocycles. The van der Waals surface area contributed by atoms with Crippen LogP contribution in [-0.4, -0.2) is 121 Å². The van der Waals surface area contributed by atoms with Gasteiger partial charge >= 0.3 is 0 Å². The Hall–Kier alpha value is -6.25. The molecule has 0 amide bonds. The third-order valence-electron chi connectivity index (χ3n) is 13.2. The van der Waals surface area contributed by atoms with Crippen LogP contribution in [0.5, 0.6) is 5.75 Å². The van der Waals surface area contributed by atoms with Crippen molar-refractivity contribution in [2.45, 2.75) is 51.7 Å². The number of anilines is 2. The van der Waals surface area contributed by atoms with E-state index in [4.69, 9.17) is 29.8 Å². The van der Waals surface area contributed by atoms with E-state index in [1.54, 1.807) is 11.7 Å². The predicted molar refractivity (Wildman–Crippen MR) is 246 cm³/mol. The van der Waals surface area contributed by atoms with Crippen LogP contribution < -0.4 is 14.5 Å². The molecule has 10 rings (SSSR count). The fourth-order valence-electron chi connectivity index (χ4n) is 9.39. The molecule has 2 saturated heterocycles.